The number of nitrogens with one attached hydrogen (secondary N) is 1. The van der Waals surface area contributed by atoms with Crippen molar-refractivity contribution in [2.45, 2.75) is 30.7 Å². The molecule has 5 nitrogen and oxygen atoms in total. The van der Waals surface area contributed by atoms with Gasteiger partial charge < -0.3 is 10.7 Å². The molecule has 6 heteroatoms. The third-order valence-corrected chi connectivity index (χ3v) is 6.15. The molecule has 1 aromatic carbocycles. The minimum absolute atomic E-state index is 0.120. The van der Waals surface area contributed by atoms with Gasteiger partial charge in [-0.2, -0.15) is 4.31 Å². The Morgan fingerprint density at radius 3 is 2.81 bits per heavy atom. The lowest BCUT2D eigenvalue weighted by Gasteiger charge is -2.24. The van der Waals surface area contributed by atoms with Gasteiger partial charge in [-0.25, -0.2) is 8.42 Å². The summed E-state index contributed by atoms with van der Waals surface area (Å²) in [5, 5.41) is 0. The summed E-state index contributed by atoms with van der Waals surface area (Å²) in [7, 11) is -3.53. The predicted molar refractivity (Wildman–Crippen MR) is 82.3 cm³/mol. The Labute approximate surface area is 124 Å². The van der Waals surface area contributed by atoms with Crippen LogP contribution in [0.15, 0.2) is 41.4 Å². The first-order valence-electron chi connectivity index (χ1n) is 7.02. The number of hydrogen-bond acceptors (Lipinski definition) is 3. The molecular weight excluding hydrogens is 286 g/mol. The Morgan fingerprint density at radius 1 is 1.29 bits per heavy atom. The molecule has 3 rings (SSSR count). The topological polar surface area (TPSA) is 79.2 Å². The second-order valence-electron chi connectivity index (χ2n) is 5.37. The molecule has 1 atom stereocenters. The number of hydrogen-bond donors (Lipinski definition) is 2. The van der Waals surface area contributed by atoms with Gasteiger partial charge in [0, 0.05) is 24.1 Å². The number of sulfonamides is 1. The second kappa shape index (κ2) is 5.20. The second-order valence-corrected chi connectivity index (χ2v) is 7.23. The SMILES string of the molecule is Cc1c(N)cccc1S(=O)(=O)N1CCCC1c1ccc[nH]1. The van der Waals surface area contributed by atoms with Crippen molar-refractivity contribution in [1.29, 1.82) is 0 Å². The van der Waals surface area contributed by atoms with Crippen molar-refractivity contribution in [3.05, 3.63) is 47.8 Å². The van der Waals surface area contributed by atoms with Crippen LogP contribution in [0.2, 0.25) is 0 Å². The molecule has 1 aliphatic rings. The fourth-order valence-corrected chi connectivity index (χ4v) is 4.86. The summed E-state index contributed by atoms with van der Waals surface area (Å²) in [5.41, 5.74) is 7.92. The van der Waals surface area contributed by atoms with Gasteiger partial charge in [0.1, 0.15) is 0 Å². The van der Waals surface area contributed by atoms with Gasteiger partial charge in [0.15, 0.2) is 0 Å². The summed E-state index contributed by atoms with van der Waals surface area (Å²) >= 11 is 0. The van der Waals surface area contributed by atoms with Gasteiger partial charge in [0.05, 0.1) is 10.9 Å². The zero-order chi connectivity index (χ0) is 15.0. The number of benzene rings is 1. The molecule has 0 spiro atoms. The first-order chi connectivity index (χ1) is 10.0. The lowest BCUT2D eigenvalue weighted by molar-refractivity contribution is 0.391. The molecule has 0 aliphatic carbocycles. The monoisotopic (exact) mass is 305 g/mol. The highest BCUT2D eigenvalue weighted by Gasteiger charge is 2.37. The number of aromatic amines is 1. The first kappa shape index (κ1) is 14.2. The van der Waals surface area contributed by atoms with Crippen LogP contribution in [-0.2, 0) is 10.0 Å². The molecule has 1 unspecified atom stereocenters. The average molecular weight is 305 g/mol. The summed E-state index contributed by atoms with van der Waals surface area (Å²) in [6, 6.07) is 8.75. The maximum absolute atomic E-state index is 13.0. The van der Waals surface area contributed by atoms with Crippen molar-refractivity contribution in [2.75, 3.05) is 12.3 Å². The van der Waals surface area contributed by atoms with Crippen molar-refractivity contribution in [1.82, 2.24) is 9.29 Å². The van der Waals surface area contributed by atoms with Crippen molar-refractivity contribution >= 4 is 15.7 Å². The van der Waals surface area contributed by atoms with Gasteiger partial charge >= 0.3 is 0 Å². The van der Waals surface area contributed by atoms with E-state index in [0.29, 0.717) is 22.7 Å². The molecule has 1 saturated heterocycles. The highest BCUT2D eigenvalue weighted by molar-refractivity contribution is 7.89. The fraction of sp³-hybridized carbons (Fsp3) is 0.333. The molecule has 2 heterocycles. The number of rotatable bonds is 3. The van der Waals surface area contributed by atoms with E-state index in [1.165, 1.54) is 0 Å². The van der Waals surface area contributed by atoms with Gasteiger partial charge in [-0.05, 0) is 49.6 Å². The summed E-state index contributed by atoms with van der Waals surface area (Å²) in [6.45, 7) is 2.29. The van der Waals surface area contributed by atoms with E-state index in [-0.39, 0.29) is 6.04 Å². The van der Waals surface area contributed by atoms with Crippen LogP contribution in [0, 0.1) is 6.92 Å². The Hall–Kier alpha value is -1.79. The van der Waals surface area contributed by atoms with E-state index >= 15 is 0 Å². The van der Waals surface area contributed by atoms with Crippen LogP contribution in [0.1, 0.15) is 30.1 Å². The normalized spacial score (nSPS) is 20.0. The molecule has 112 valence electrons. The number of anilines is 1. The molecule has 2 aromatic rings. The first-order valence-corrected chi connectivity index (χ1v) is 8.46. The molecule has 1 fully saturated rings. The molecule has 0 bridgehead atoms. The summed E-state index contributed by atoms with van der Waals surface area (Å²) in [5.74, 6) is 0. The Kier molecular flexibility index (Phi) is 3.51. The van der Waals surface area contributed by atoms with E-state index in [1.807, 2.05) is 18.3 Å². The maximum atomic E-state index is 13.0. The number of nitrogens with two attached hydrogens (primary N) is 1. The molecule has 1 aromatic heterocycles. The molecule has 0 radical (unpaired) electrons. The summed E-state index contributed by atoms with van der Waals surface area (Å²) in [6.07, 6.45) is 3.52. The van der Waals surface area contributed by atoms with E-state index < -0.39 is 10.0 Å². The highest BCUT2D eigenvalue weighted by atomic mass is 32.2. The minimum atomic E-state index is -3.53. The van der Waals surface area contributed by atoms with E-state index in [2.05, 4.69) is 4.98 Å². The number of nitrogen functional groups attached to an aromatic ring is 1. The van der Waals surface area contributed by atoms with E-state index in [9.17, 15) is 8.42 Å². The smallest absolute Gasteiger partial charge is 0.244 e. The quantitative estimate of drug-likeness (QED) is 0.855. The largest absolute Gasteiger partial charge is 0.398 e. The standard InChI is InChI=1S/C15H19N3O2S/c1-11-12(16)5-2-8-15(11)21(19,20)18-10-4-7-14(18)13-6-3-9-17-13/h2-3,5-6,8-9,14,17H,4,7,10,16H2,1H3. The zero-order valence-corrected chi connectivity index (χ0v) is 12.7. The molecule has 3 N–H and O–H groups in total. The predicted octanol–water partition coefficient (Wildman–Crippen LogP) is 2.43. The molecule has 1 aliphatic heterocycles. The number of aromatic nitrogens is 1. The number of H-pyrrole nitrogens is 1. The molecule has 0 amide bonds. The van der Waals surface area contributed by atoms with Crippen molar-refractivity contribution in [2.24, 2.45) is 0 Å². The van der Waals surface area contributed by atoms with Crippen LogP contribution in [0.25, 0.3) is 0 Å². The lowest BCUT2D eigenvalue weighted by atomic mass is 10.2. The zero-order valence-electron chi connectivity index (χ0n) is 11.9. The van der Waals surface area contributed by atoms with Crippen LogP contribution >= 0.6 is 0 Å². The summed E-state index contributed by atoms with van der Waals surface area (Å²) in [4.78, 5) is 3.43. The van der Waals surface area contributed by atoms with Gasteiger partial charge in [-0.3, -0.25) is 0 Å². The lowest BCUT2D eigenvalue weighted by Crippen LogP contribution is -2.31. The highest BCUT2D eigenvalue weighted by Crippen LogP contribution is 2.37. The van der Waals surface area contributed by atoms with Crippen molar-refractivity contribution < 1.29 is 8.42 Å². The molecular formula is C15H19N3O2S. The van der Waals surface area contributed by atoms with Crippen LogP contribution < -0.4 is 5.73 Å². The van der Waals surface area contributed by atoms with Gasteiger partial charge in [-0.1, -0.05) is 6.07 Å². The maximum Gasteiger partial charge on any atom is 0.244 e. The van der Waals surface area contributed by atoms with E-state index in [1.54, 1.807) is 29.4 Å². The van der Waals surface area contributed by atoms with E-state index in [4.69, 9.17) is 5.73 Å². The third kappa shape index (κ3) is 2.34. The third-order valence-electron chi connectivity index (χ3n) is 4.10. The van der Waals surface area contributed by atoms with Crippen LogP contribution in [0.4, 0.5) is 5.69 Å². The van der Waals surface area contributed by atoms with Crippen LogP contribution in [0.5, 0.6) is 0 Å². The summed E-state index contributed by atoms with van der Waals surface area (Å²) < 4.78 is 27.5. The molecule has 0 saturated carbocycles. The van der Waals surface area contributed by atoms with Gasteiger partial charge in [0.2, 0.25) is 10.0 Å². The average Bonchev–Trinajstić information content (AvgIpc) is 3.11. The van der Waals surface area contributed by atoms with Gasteiger partial charge in [0.25, 0.3) is 0 Å². The fourth-order valence-electron chi connectivity index (χ4n) is 2.93. The minimum Gasteiger partial charge on any atom is -0.398 e. The Bertz CT molecular complexity index is 738. The Morgan fingerprint density at radius 2 is 2.10 bits per heavy atom. The van der Waals surface area contributed by atoms with Crippen LogP contribution in [-0.4, -0.2) is 24.3 Å². The molecule has 21 heavy (non-hydrogen) atoms. The van der Waals surface area contributed by atoms with Crippen LogP contribution in [0.3, 0.4) is 0 Å². The Balaban J connectivity index is 2.03. The van der Waals surface area contributed by atoms with Crippen molar-refractivity contribution in [3.63, 3.8) is 0 Å². The number of nitrogens with zero attached hydrogens (tertiary/aromatic N) is 1. The van der Waals surface area contributed by atoms with E-state index in [0.717, 1.165) is 18.5 Å². The van der Waals surface area contributed by atoms with Gasteiger partial charge in [-0.15, -0.1) is 0 Å². The van der Waals surface area contributed by atoms with Crippen molar-refractivity contribution in [3.8, 4) is 0 Å².